The maximum Gasteiger partial charge on any atom is 0.134 e. The number of ether oxygens (including phenoxy) is 1. The third kappa shape index (κ3) is 0.894. The summed E-state index contributed by atoms with van der Waals surface area (Å²) in [6.45, 7) is 0.753. The molecule has 1 aliphatic heterocycles. The van der Waals surface area contributed by atoms with Gasteiger partial charge in [-0.25, -0.2) is 0 Å². The molecule has 0 bridgehead atoms. The molecule has 1 aliphatic rings. The number of hydrogen-bond acceptors (Lipinski definition) is 3. The minimum Gasteiger partial charge on any atom is -0.492 e. The summed E-state index contributed by atoms with van der Waals surface area (Å²) < 4.78 is 5.57. The van der Waals surface area contributed by atoms with Crippen molar-refractivity contribution >= 4 is 16.6 Å². The van der Waals surface area contributed by atoms with Gasteiger partial charge in [0.2, 0.25) is 0 Å². The number of pyridine rings is 1. The first-order valence-corrected chi connectivity index (χ1v) is 4.65. The lowest BCUT2D eigenvalue weighted by molar-refractivity contribution is 0.360. The van der Waals surface area contributed by atoms with Crippen molar-refractivity contribution in [3.8, 4) is 5.75 Å². The lowest BCUT2D eigenvalue weighted by Gasteiger charge is -2.06. The first kappa shape index (κ1) is 7.62. The smallest absolute Gasteiger partial charge is 0.134 e. The summed E-state index contributed by atoms with van der Waals surface area (Å²) in [5.41, 5.74) is 8.80. The number of anilines is 1. The van der Waals surface area contributed by atoms with E-state index in [0.29, 0.717) is 0 Å². The molecular formula is C11H10N2O. The topological polar surface area (TPSA) is 48.1 Å². The van der Waals surface area contributed by atoms with Crippen LogP contribution in [0.4, 0.5) is 5.69 Å². The van der Waals surface area contributed by atoms with E-state index in [1.165, 1.54) is 5.56 Å². The Morgan fingerprint density at radius 2 is 2.21 bits per heavy atom. The molecule has 0 saturated heterocycles. The monoisotopic (exact) mass is 186 g/mol. The normalized spacial score (nSPS) is 14.0. The quantitative estimate of drug-likeness (QED) is 0.681. The highest BCUT2D eigenvalue weighted by Crippen LogP contribution is 2.36. The first-order chi connectivity index (χ1) is 6.86. The molecule has 0 fully saturated rings. The molecule has 2 heterocycles. The van der Waals surface area contributed by atoms with E-state index in [9.17, 15) is 0 Å². The summed E-state index contributed by atoms with van der Waals surface area (Å²) in [4.78, 5) is 4.26. The van der Waals surface area contributed by atoms with Crippen molar-refractivity contribution in [1.29, 1.82) is 0 Å². The van der Waals surface area contributed by atoms with E-state index >= 15 is 0 Å². The van der Waals surface area contributed by atoms with Crippen molar-refractivity contribution in [3.63, 3.8) is 0 Å². The van der Waals surface area contributed by atoms with Gasteiger partial charge in [-0.15, -0.1) is 0 Å². The molecular weight excluding hydrogens is 176 g/mol. The Balaban J connectivity index is 2.47. The zero-order valence-corrected chi connectivity index (χ0v) is 7.66. The molecule has 1 aromatic heterocycles. The van der Waals surface area contributed by atoms with E-state index in [1.807, 2.05) is 12.1 Å². The molecule has 0 atom stereocenters. The highest BCUT2D eigenvalue weighted by atomic mass is 16.5. The van der Waals surface area contributed by atoms with Gasteiger partial charge in [0.25, 0.3) is 0 Å². The Morgan fingerprint density at radius 3 is 3.14 bits per heavy atom. The predicted molar refractivity (Wildman–Crippen MR) is 55.4 cm³/mol. The molecule has 2 N–H and O–H groups in total. The van der Waals surface area contributed by atoms with Crippen LogP contribution >= 0.6 is 0 Å². The molecule has 0 unspecified atom stereocenters. The maximum absolute atomic E-state index is 5.91. The average Bonchev–Trinajstić information content (AvgIpc) is 2.65. The van der Waals surface area contributed by atoms with Crippen molar-refractivity contribution < 1.29 is 4.74 Å². The van der Waals surface area contributed by atoms with Crippen LogP contribution in [0.25, 0.3) is 10.9 Å². The Hall–Kier alpha value is -1.77. The Kier molecular flexibility index (Phi) is 1.42. The maximum atomic E-state index is 5.91. The lowest BCUT2D eigenvalue weighted by atomic mass is 10.1. The average molecular weight is 186 g/mol. The van der Waals surface area contributed by atoms with E-state index in [4.69, 9.17) is 10.5 Å². The fourth-order valence-corrected chi connectivity index (χ4v) is 1.91. The van der Waals surface area contributed by atoms with Crippen LogP contribution in [0.15, 0.2) is 24.4 Å². The third-order valence-electron chi connectivity index (χ3n) is 2.59. The van der Waals surface area contributed by atoms with Crippen LogP contribution in [-0.4, -0.2) is 11.6 Å². The van der Waals surface area contributed by atoms with Crippen LogP contribution in [-0.2, 0) is 6.42 Å². The number of nitrogens with two attached hydrogens (primary N) is 1. The van der Waals surface area contributed by atoms with Crippen LogP contribution in [0.5, 0.6) is 5.75 Å². The van der Waals surface area contributed by atoms with E-state index in [1.54, 1.807) is 6.20 Å². The van der Waals surface area contributed by atoms with Crippen molar-refractivity contribution in [2.45, 2.75) is 6.42 Å². The molecule has 14 heavy (non-hydrogen) atoms. The number of benzene rings is 1. The highest BCUT2D eigenvalue weighted by Gasteiger charge is 2.16. The summed E-state index contributed by atoms with van der Waals surface area (Å²) in [6, 6.07) is 5.88. The summed E-state index contributed by atoms with van der Waals surface area (Å²) in [5, 5.41) is 0.961. The largest absolute Gasteiger partial charge is 0.492 e. The second-order valence-corrected chi connectivity index (χ2v) is 3.45. The van der Waals surface area contributed by atoms with Gasteiger partial charge in [-0.05, 0) is 17.7 Å². The van der Waals surface area contributed by atoms with E-state index in [2.05, 4.69) is 11.1 Å². The van der Waals surface area contributed by atoms with E-state index in [-0.39, 0.29) is 0 Å². The second-order valence-electron chi connectivity index (χ2n) is 3.45. The number of rotatable bonds is 0. The lowest BCUT2D eigenvalue weighted by Crippen LogP contribution is -1.92. The molecule has 0 spiro atoms. The SMILES string of the molecule is Nc1ccnc2ccc3c(c12)OCC3. The molecule has 1 aromatic carbocycles. The van der Waals surface area contributed by atoms with E-state index in [0.717, 1.165) is 35.4 Å². The fraction of sp³-hybridized carbons (Fsp3) is 0.182. The Morgan fingerprint density at radius 1 is 1.29 bits per heavy atom. The number of nitrogen functional groups attached to an aromatic ring is 1. The molecule has 0 saturated carbocycles. The summed E-state index contributed by atoms with van der Waals surface area (Å²) >= 11 is 0. The van der Waals surface area contributed by atoms with Crippen LogP contribution in [0, 0.1) is 0 Å². The molecule has 0 aliphatic carbocycles. The van der Waals surface area contributed by atoms with Crippen molar-refractivity contribution in [1.82, 2.24) is 4.98 Å². The molecule has 3 nitrogen and oxygen atoms in total. The predicted octanol–water partition coefficient (Wildman–Crippen LogP) is 1.75. The zero-order valence-electron chi connectivity index (χ0n) is 7.66. The van der Waals surface area contributed by atoms with Gasteiger partial charge >= 0.3 is 0 Å². The van der Waals surface area contributed by atoms with E-state index < -0.39 is 0 Å². The molecule has 70 valence electrons. The van der Waals surface area contributed by atoms with Gasteiger partial charge in [-0.1, -0.05) is 6.07 Å². The van der Waals surface area contributed by atoms with Crippen molar-refractivity contribution in [2.75, 3.05) is 12.3 Å². The van der Waals surface area contributed by atoms with Crippen LogP contribution in [0.2, 0.25) is 0 Å². The standard InChI is InChI=1S/C11H10N2O/c12-8-3-5-13-9-2-1-7-4-6-14-11(7)10(8)9/h1-3,5H,4,6H2,(H2,12,13). The van der Waals surface area contributed by atoms with Crippen LogP contribution < -0.4 is 10.5 Å². The van der Waals surface area contributed by atoms with Gasteiger partial charge in [-0.2, -0.15) is 0 Å². The molecule has 3 heteroatoms. The summed E-state index contributed by atoms with van der Waals surface area (Å²) in [6.07, 6.45) is 2.69. The number of fused-ring (bicyclic) bond motifs is 3. The Bertz CT molecular complexity index is 508. The first-order valence-electron chi connectivity index (χ1n) is 4.65. The fourth-order valence-electron chi connectivity index (χ4n) is 1.91. The second kappa shape index (κ2) is 2.61. The van der Waals surface area contributed by atoms with Gasteiger partial charge in [-0.3, -0.25) is 4.98 Å². The minimum absolute atomic E-state index is 0.744. The number of aromatic nitrogens is 1. The molecule has 0 amide bonds. The van der Waals surface area contributed by atoms with Gasteiger partial charge < -0.3 is 10.5 Å². The van der Waals surface area contributed by atoms with Crippen LogP contribution in [0.1, 0.15) is 5.56 Å². The number of hydrogen-bond donors (Lipinski definition) is 1. The third-order valence-corrected chi connectivity index (χ3v) is 2.59. The van der Waals surface area contributed by atoms with Gasteiger partial charge in [0.05, 0.1) is 17.5 Å². The summed E-state index contributed by atoms with van der Waals surface area (Å²) in [5.74, 6) is 0.924. The van der Waals surface area contributed by atoms with Gasteiger partial charge in [0.1, 0.15) is 5.75 Å². The molecule has 0 radical (unpaired) electrons. The number of nitrogens with zero attached hydrogens (tertiary/aromatic N) is 1. The van der Waals surface area contributed by atoms with Gasteiger partial charge in [0.15, 0.2) is 0 Å². The van der Waals surface area contributed by atoms with Crippen molar-refractivity contribution in [3.05, 3.63) is 30.0 Å². The van der Waals surface area contributed by atoms with Crippen LogP contribution in [0.3, 0.4) is 0 Å². The Labute approximate surface area is 81.5 Å². The molecule has 2 aromatic rings. The zero-order chi connectivity index (χ0) is 9.54. The van der Waals surface area contributed by atoms with Gasteiger partial charge in [0, 0.05) is 18.3 Å². The minimum atomic E-state index is 0.744. The summed E-state index contributed by atoms with van der Waals surface area (Å²) in [7, 11) is 0. The van der Waals surface area contributed by atoms with Crippen molar-refractivity contribution in [2.24, 2.45) is 0 Å². The molecule has 3 rings (SSSR count). The highest BCUT2D eigenvalue weighted by molar-refractivity contribution is 5.96.